The van der Waals surface area contributed by atoms with Crippen molar-refractivity contribution in [1.82, 2.24) is 24.5 Å². The highest BCUT2D eigenvalue weighted by molar-refractivity contribution is 5.93. The van der Waals surface area contributed by atoms with Crippen molar-refractivity contribution >= 4 is 11.9 Å². The Kier molecular flexibility index (Phi) is 4.30. The van der Waals surface area contributed by atoms with E-state index in [2.05, 4.69) is 10.2 Å². The maximum absolute atomic E-state index is 12.4. The highest BCUT2D eigenvalue weighted by Gasteiger charge is 2.18. The average Bonchev–Trinajstić information content (AvgIpc) is 2.98. The number of rotatable bonds is 5. The minimum atomic E-state index is -1.00. The molecule has 0 unspecified atom stereocenters. The fourth-order valence-electron chi connectivity index (χ4n) is 2.27. The number of carbonyl (C=O) groups excluding carboxylic acids is 1. The first kappa shape index (κ1) is 15.7. The van der Waals surface area contributed by atoms with Crippen LogP contribution < -0.4 is 0 Å². The Bertz CT molecular complexity index is 716. The van der Waals surface area contributed by atoms with E-state index in [0.29, 0.717) is 12.1 Å². The Morgan fingerprint density at radius 2 is 2.05 bits per heavy atom. The van der Waals surface area contributed by atoms with Gasteiger partial charge >= 0.3 is 5.97 Å². The molecule has 0 aromatic carbocycles. The predicted molar refractivity (Wildman–Crippen MR) is 78.3 cm³/mol. The zero-order valence-electron chi connectivity index (χ0n) is 13.1. The van der Waals surface area contributed by atoms with Crippen LogP contribution in [0.2, 0.25) is 0 Å². The number of aromatic nitrogens is 4. The number of carbonyl (C=O) groups is 2. The lowest BCUT2D eigenvalue weighted by Crippen LogP contribution is -2.26. The van der Waals surface area contributed by atoms with Crippen molar-refractivity contribution in [2.75, 3.05) is 7.05 Å². The first-order valence-corrected chi connectivity index (χ1v) is 6.78. The molecule has 0 saturated carbocycles. The fraction of sp³-hybridized carbons (Fsp3) is 0.429. The van der Waals surface area contributed by atoms with Crippen molar-refractivity contribution in [3.05, 3.63) is 34.9 Å². The normalized spacial score (nSPS) is 10.7. The lowest BCUT2D eigenvalue weighted by atomic mass is 10.2. The van der Waals surface area contributed by atoms with Gasteiger partial charge in [0.05, 0.1) is 17.5 Å². The number of hydrogen-bond donors (Lipinski definition) is 1. The molecule has 2 aromatic heterocycles. The van der Waals surface area contributed by atoms with E-state index in [0.717, 1.165) is 17.0 Å². The van der Waals surface area contributed by atoms with Crippen LogP contribution in [0.1, 0.15) is 27.3 Å². The highest BCUT2D eigenvalue weighted by Crippen LogP contribution is 2.15. The summed E-state index contributed by atoms with van der Waals surface area (Å²) >= 11 is 0. The third-order valence-electron chi connectivity index (χ3n) is 3.58. The lowest BCUT2D eigenvalue weighted by Gasteiger charge is -2.16. The second kappa shape index (κ2) is 6.00. The number of hydrogen-bond acceptors (Lipinski definition) is 4. The van der Waals surface area contributed by atoms with Gasteiger partial charge in [-0.15, -0.1) is 0 Å². The fourth-order valence-corrected chi connectivity index (χ4v) is 2.27. The minimum absolute atomic E-state index is 0.209. The summed E-state index contributed by atoms with van der Waals surface area (Å²) < 4.78 is 3.01. The van der Waals surface area contributed by atoms with E-state index in [1.54, 1.807) is 16.6 Å². The summed E-state index contributed by atoms with van der Waals surface area (Å²) in [5.74, 6) is -1.21. The monoisotopic (exact) mass is 305 g/mol. The first-order chi connectivity index (χ1) is 10.3. The van der Waals surface area contributed by atoms with Crippen LogP contribution in [-0.2, 0) is 24.9 Å². The summed E-state index contributed by atoms with van der Waals surface area (Å²) in [6.45, 7) is 4.04. The molecule has 2 heterocycles. The molecule has 0 saturated heterocycles. The summed E-state index contributed by atoms with van der Waals surface area (Å²) in [7, 11) is 3.56. The minimum Gasteiger partial charge on any atom is -0.480 e. The number of aryl methyl sites for hydroxylation is 2. The maximum Gasteiger partial charge on any atom is 0.325 e. The van der Waals surface area contributed by atoms with E-state index in [-0.39, 0.29) is 12.5 Å². The number of aliphatic carboxylic acids is 1. The topological polar surface area (TPSA) is 93.3 Å². The molecule has 2 rings (SSSR count). The van der Waals surface area contributed by atoms with E-state index < -0.39 is 5.97 Å². The highest BCUT2D eigenvalue weighted by atomic mass is 16.4. The molecule has 1 N–H and O–H groups in total. The van der Waals surface area contributed by atoms with Crippen LogP contribution in [0.3, 0.4) is 0 Å². The molecular weight excluding hydrogens is 286 g/mol. The van der Waals surface area contributed by atoms with Gasteiger partial charge in [-0.25, -0.2) is 0 Å². The average molecular weight is 305 g/mol. The van der Waals surface area contributed by atoms with E-state index in [1.807, 2.05) is 20.9 Å². The van der Waals surface area contributed by atoms with E-state index >= 15 is 0 Å². The third-order valence-corrected chi connectivity index (χ3v) is 3.58. The van der Waals surface area contributed by atoms with Crippen LogP contribution in [0.5, 0.6) is 0 Å². The van der Waals surface area contributed by atoms with Gasteiger partial charge in [0.15, 0.2) is 0 Å². The molecule has 8 nitrogen and oxygen atoms in total. The van der Waals surface area contributed by atoms with Crippen LogP contribution in [0.15, 0.2) is 12.4 Å². The molecule has 0 aliphatic carbocycles. The Hall–Kier alpha value is -2.64. The van der Waals surface area contributed by atoms with Gasteiger partial charge in [0.25, 0.3) is 5.91 Å². The van der Waals surface area contributed by atoms with Crippen molar-refractivity contribution in [2.24, 2.45) is 7.05 Å². The molecule has 0 radical (unpaired) electrons. The predicted octanol–water partition coefficient (Wildman–Crippen LogP) is 0.590. The van der Waals surface area contributed by atoms with E-state index in [9.17, 15) is 9.59 Å². The van der Waals surface area contributed by atoms with Crippen molar-refractivity contribution in [3.8, 4) is 0 Å². The Balaban J connectivity index is 2.12. The third kappa shape index (κ3) is 3.16. The standard InChI is InChI=1S/C14H19N5O3/c1-9-12(10(2)18(4)16-9)7-17(3)14(22)11-5-15-19(6-11)8-13(20)21/h5-6H,7-8H2,1-4H3,(H,20,21). The smallest absolute Gasteiger partial charge is 0.325 e. The summed E-state index contributed by atoms with van der Waals surface area (Å²) in [5.41, 5.74) is 3.28. The molecule has 118 valence electrons. The van der Waals surface area contributed by atoms with Gasteiger partial charge in [-0.2, -0.15) is 10.2 Å². The van der Waals surface area contributed by atoms with Crippen molar-refractivity contribution in [1.29, 1.82) is 0 Å². The Labute approximate surface area is 127 Å². The quantitative estimate of drug-likeness (QED) is 0.872. The summed E-state index contributed by atoms with van der Waals surface area (Å²) in [6, 6.07) is 0. The molecule has 0 atom stereocenters. The van der Waals surface area contributed by atoms with Gasteiger partial charge in [-0.3, -0.25) is 19.0 Å². The zero-order valence-corrected chi connectivity index (χ0v) is 13.1. The second-order valence-electron chi connectivity index (χ2n) is 5.25. The molecule has 22 heavy (non-hydrogen) atoms. The van der Waals surface area contributed by atoms with Gasteiger partial charge in [-0.05, 0) is 13.8 Å². The van der Waals surface area contributed by atoms with Gasteiger partial charge < -0.3 is 10.0 Å². The van der Waals surface area contributed by atoms with Crippen molar-refractivity contribution in [2.45, 2.75) is 26.9 Å². The Morgan fingerprint density at radius 1 is 1.36 bits per heavy atom. The van der Waals surface area contributed by atoms with Crippen molar-refractivity contribution < 1.29 is 14.7 Å². The summed E-state index contributed by atoms with van der Waals surface area (Å²) in [5, 5.41) is 16.9. The molecule has 0 spiro atoms. The SMILES string of the molecule is Cc1nn(C)c(C)c1CN(C)C(=O)c1cnn(CC(=O)O)c1. The zero-order chi connectivity index (χ0) is 16.4. The maximum atomic E-state index is 12.4. The molecular formula is C14H19N5O3. The van der Waals surface area contributed by atoms with Crippen molar-refractivity contribution in [3.63, 3.8) is 0 Å². The van der Waals surface area contributed by atoms with Gasteiger partial charge in [0, 0.05) is 38.1 Å². The molecule has 1 amide bonds. The largest absolute Gasteiger partial charge is 0.480 e. The number of nitrogens with zero attached hydrogens (tertiary/aromatic N) is 5. The molecule has 0 fully saturated rings. The van der Waals surface area contributed by atoms with Crippen LogP contribution in [0.4, 0.5) is 0 Å². The summed E-state index contributed by atoms with van der Waals surface area (Å²) in [6.07, 6.45) is 2.82. The lowest BCUT2D eigenvalue weighted by molar-refractivity contribution is -0.137. The van der Waals surface area contributed by atoms with Crippen LogP contribution >= 0.6 is 0 Å². The molecule has 0 aliphatic rings. The number of carboxylic acids is 1. The molecule has 8 heteroatoms. The molecule has 2 aromatic rings. The van der Waals surface area contributed by atoms with Crippen LogP contribution in [-0.4, -0.2) is 48.5 Å². The number of carboxylic acid groups (broad SMARTS) is 1. The van der Waals surface area contributed by atoms with Gasteiger partial charge in [0.2, 0.25) is 0 Å². The summed E-state index contributed by atoms with van der Waals surface area (Å²) in [4.78, 5) is 24.6. The van der Waals surface area contributed by atoms with E-state index in [1.165, 1.54) is 17.1 Å². The van der Waals surface area contributed by atoms with Gasteiger partial charge in [-0.1, -0.05) is 0 Å². The first-order valence-electron chi connectivity index (χ1n) is 6.78. The second-order valence-corrected chi connectivity index (χ2v) is 5.25. The molecule has 0 bridgehead atoms. The Morgan fingerprint density at radius 3 is 2.59 bits per heavy atom. The van der Waals surface area contributed by atoms with Gasteiger partial charge in [0.1, 0.15) is 6.54 Å². The van der Waals surface area contributed by atoms with Crippen LogP contribution in [0, 0.1) is 13.8 Å². The molecule has 0 aliphatic heterocycles. The van der Waals surface area contributed by atoms with Crippen LogP contribution in [0.25, 0.3) is 0 Å². The number of amides is 1. The van der Waals surface area contributed by atoms with E-state index in [4.69, 9.17) is 5.11 Å².